The van der Waals surface area contributed by atoms with E-state index in [9.17, 15) is 0 Å². The Morgan fingerprint density at radius 2 is 1.65 bits per heavy atom. The minimum atomic E-state index is 0.900. The summed E-state index contributed by atoms with van der Waals surface area (Å²) in [6.07, 6.45) is 2.03. The molecule has 2 aromatic carbocycles. The quantitative estimate of drug-likeness (QED) is 0.701. The molecule has 0 radical (unpaired) electrons. The molecule has 1 aromatic heterocycles. The van der Waals surface area contributed by atoms with E-state index in [1.165, 1.54) is 10.9 Å². The highest BCUT2D eigenvalue weighted by Gasteiger charge is 2.09. The second-order valence-corrected chi connectivity index (χ2v) is 3.95. The summed E-state index contributed by atoms with van der Waals surface area (Å²) in [5.41, 5.74) is 3.44. The minimum Gasteiger partial charge on any atom is -0.496 e. The molecule has 0 saturated carbocycles. The van der Waals surface area contributed by atoms with E-state index in [2.05, 4.69) is 29.2 Å². The number of ether oxygens (including phenoxy) is 1. The maximum Gasteiger partial charge on any atom is 0.126 e. The van der Waals surface area contributed by atoms with E-state index in [-0.39, 0.29) is 0 Å². The van der Waals surface area contributed by atoms with E-state index >= 15 is 0 Å². The highest BCUT2D eigenvalue weighted by atomic mass is 16.5. The van der Waals surface area contributed by atoms with Crippen LogP contribution in [-0.4, -0.2) is 12.1 Å². The Balaban J connectivity index is 2.27. The van der Waals surface area contributed by atoms with Crippen molar-refractivity contribution in [2.24, 2.45) is 0 Å². The number of aromatic nitrogens is 1. The van der Waals surface area contributed by atoms with Crippen LogP contribution >= 0.6 is 0 Å². The fourth-order valence-corrected chi connectivity index (χ4v) is 2.16. The third kappa shape index (κ3) is 1.58. The van der Waals surface area contributed by atoms with Gasteiger partial charge in [0.2, 0.25) is 0 Å². The molecule has 3 aromatic rings. The first-order chi connectivity index (χ1) is 8.40. The second-order valence-electron chi connectivity index (χ2n) is 3.95. The number of benzene rings is 2. The highest BCUT2D eigenvalue weighted by molar-refractivity contribution is 5.96. The predicted octanol–water partition coefficient (Wildman–Crippen LogP) is 3.84. The first-order valence-electron chi connectivity index (χ1n) is 5.59. The molecule has 0 unspecified atom stereocenters. The van der Waals surface area contributed by atoms with Gasteiger partial charge in [-0.25, -0.2) is 0 Å². The van der Waals surface area contributed by atoms with Crippen LogP contribution in [0.15, 0.2) is 54.7 Å². The zero-order valence-electron chi connectivity index (χ0n) is 9.60. The fourth-order valence-electron chi connectivity index (χ4n) is 2.16. The van der Waals surface area contributed by atoms with Crippen LogP contribution in [0.3, 0.4) is 0 Å². The molecule has 1 heterocycles. The van der Waals surface area contributed by atoms with Crippen LogP contribution in [0.25, 0.3) is 22.0 Å². The summed E-state index contributed by atoms with van der Waals surface area (Å²) in [6, 6.07) is 16.4. The molecule has 2 nitrogen and oxygen atoms in total. The van der Waals surface area contributed by atoms with Gasteiger partial charge in [-0.15, -0.1) is 0 Å². The van der Waals surface area contributed by atoms with Gasteiger partial charge in [0, 0.05) is 28.2 Å². The number of rotatable bonds is 2. The van der Waals surface area contributed by atoms with E-state index in [1.54, 1.807) is 7.11 Å². The van der Waals surface area contributed by atoms with Gasteiger partial charge in [0.05, 0.1) is 7.11 Å². The second kappa shape index (κ2) is 3.98. The van der Waals surface area contributed by atoms with E-state index in [0.717, 1.165) is 16.8 Å². The van der Waals surface area contributed by atoms with E-state index in [0.29, 0.717) is 0 Å². The van der Waals surface area contributed by atoms with Gasteiger partial charge < -0.3 is 9.72 Å². The number of nitrogens with one attached hydrogen (secondary N) is 1. The Kier molecular flexibility index (Phi) is 2.33. The number of hydrogen-bond acceptors (Lipinski definition) is 1. The number of para-hydroxylation sites is 2. The zero-order chi connectivity index (χ0) is 11.7. The first-order valence-corrected chi connectivity index (χ1v) is 5.59. The van der Waals surface area contributed by atoms with Gasteiger partial charge in [-0.2, -0.15) is 0 Å². The van der Waals surface area contributed by atoms with Gasteiger partial charge in [0.1, 0.15) is 5.75 Å². The summed E-state index contributed by atoms with van der Waals surface area (Å²) < 4.78 is 5.40. The van der Waals surface area contributed by atoms with Gasteiger partial charge in [-0.1, -0.05) is 36.4 Å². The monoisotopic (exact) mass is 223 g/mol. The van der Waals surface area contributed by atoms with Gasteiger partial charge in [-0.3, -0.25) is 0 Å². The zero-order valence-corrected chi connectivity index (χ0v) is 9.60. The lowest BCUT2D eigenvalue weighted by atomic mass is 10.0. The summed E-state index contributed by atoms with van der Waals surface area (Å²) in [6.45, 7) is 0. The van der Waals surface area contributed by atoms with Gasteiger partial charge in [0.25, 0.3) is 0 Å². The third-order valence-corrected chi connectivity index (χ3v) is 2.99. The predicted molar refractivity (Wildman–Crippen MR) is 70.3 cm³/mol. The number of aromatic amines is 1. The van der Waals surface area contributed by atoms with Crippen molar-refractivity contribution in [3.05, 3.63) is 54.7 Å². The number of hydrogen-bond donors (Lipinski definition) is 1. The summed E-state index contributed by atoms with van der Waals surface area (Å²) in [5.74, 6) is 0.900. The van der Waals surface area contributed by atoms with E-state index < -0.39 is 0 Å². The maximum absolute atomic E-state index is 5.40. The number of fused-ring (bicyclic) bond motifs is 1. The summed E-state index contributed by atoms with van der Waals surface area (Å²) in [5, 5.41) is 1.22. The van der Waals surface area contributed by atoms with Crippen molar-refractivity contribution in [2.45, 2.75) is 0 Å². The van der Waals surface area contributed by atoms with Gasteiger partial charge in [0.15, 0.2) is 0 Å². The molecule has 0 fully saturated rings. The lowest BCUT2D eigenvalue weighted by molar-refractivity contribution is 0.416. The van der Waals surface area contributed by atoms with E-state index in [4.69, 9.17) is 4.74 Å². The smallest absolute Gasteiger partial charge is 0.126 e. The normalized spacial score (nSPS) is 10.6. The molecular weight excluding hydrogens is 210 g/mol. The van der Waals surface area contributed by atoms with Crippen molar-refractivity contribution >= 4 is 10.9 Å². The standard InChI is InChI=1S/C15H13NO/c1-17-15-9-5-3-7-12(15)13-10-16-14-8-4-2-6-11(13)14/h2-10,16H,1H3. The van der Waals surface area contributed by atoms with Crippen LogP contribution in [0.4, 0.5) is 0 Å². The molecule has 0 aliphatic heterocycles. The van der Waals surface area contributed by atoms with Crippen LogP contribution in [0.1, 0.15) is 0 Å². The van der Waals surface area contributed by atoms with Crippen molar-refractivity contribution in [1.29, 1.82) is 0 Å². The van der Waals surface area contributed by atoms with Crippen LogP contribution in [0.2, 0.25) is 0 Å². The number of methoxy groups -OCH3 is 1. The van der Waals surface area contributed by atoms with Crippen molar-refractivity contribution in [3.8, 4) is 16.9 Å². The Hall–Kier alpha value is -2.22. The minimum absolute atomic E-state index is 0.900. The molecular formula is C15H13NO. The molecule has 0 bridgehead atoms. The topological polar surface area (TPSA) is 25.0 Å². The van der Waals surface area contributed by atoms with Gasteiger partial charge >= 0.3 is 0 Å². The summed E-state index contributed by atoms with van der Waals surface area (Å²) in [4.78, 5) is 3.28. The van der Waals surface area contributed by atoms with Crippen molar-refractivity contribution in [2.75, 3.05) is 7.11 Å². The van der Waals surface area contributed by atoms with E-state index in [1.807, 2.05) is 30.5 Å². The lowest BCUT2D eigenvalue weighted by Gasteiger charge is -2.06. The first kappa shape index (κ1) is 9.97. The van der Waals surface area contributed by atoms with Crippen LogP contribution in [0.5, 0.6) is 5.75 Å². The Morgan fingerprint density at radius 3 is 2.53 bits per heavy atom. The molecule has 0 amide bonds. The van der Waals surface area contributed by atoms with Crippen LogP contribution in [0, 0.1) is 0 Å². The Morgan fingerprint density at radius 1 is 0.882 bits per heavy atom. The molecule has 0 aliphatic rings. The number of H-pyrrole nitrogens is 1. The molecule has 3 rings (SSSR count). The molecule has 84 valence electrons. The average Bonchev–Trinajstić information content (AvgIpc) is 2.82. The van der Waals surface area contributed by atoms with Crippen LogP contribution in [-0.2, 0) is 0 Å². The third-order valence-electron chi connectivity index (χ3n) is 2.99. The highest BCUT2D eigenvalue weighted by Crippen LogP contribution is 2.34. The maximum atomic E-state index is 5.40. The Bertz CT molecular complexity index is 655. The average molecular weight is 223 g/mol. The molecule has 2 heteroatoms. The molecule has 1 N–H and O–H groups in total. The molecule has 0 aliphatic carbocycles. The van der Waals surface area contributed by atoms with Crippen molar-refractivity contribution in [3.63, 3.8) is 0 Å². The Labute approximate surface area is 99.9 Å². The fraction of sp³-hybridized carbons (Fsp3) is 0.0667. The summed E-state index contributed by atoms with van der Waals surface area (Å²) >= 11 is 0. The van der Waals surface area contributed by atoms with Crippen molar-refractivity contribution < 1.29 is 4.74 Å². The molecule has 0 atom stereocenters. The van der Waals surface area contributed by atoms with Gasteiger partial charge in [-0.05, 0) is 12.1 Å². The summed E-state index contributed by atoms with van der Waals surface area (Å²) in [7, 11) is 1.70. The van der Waals surface area contributed by atoms with Crippen molar-refractivity contribution in [1.82, 2.24) is 4.98 Å². The molecule has 17 heavy (non-hydrogen) atoms. The largest absolute Gasteiger partial charge is 0.496 e. The molecule has 0 spiro atoms. The van der Waals surface area contributed by atoms with Crippen LogP contribution < -0.4 is 4.74 Å². The lowest BCUT2D eigenvalue weighted by Crippen LogP contribution is -1.86. The molecule has 0 saturated heterocycles. The SMILES string of the molecule is COc1ccccc1-c1c[nH]c2ccccc12.